The molecule has 0 aromatic rings. The van der Waals surface area contributed by atoms with Gasteiger partial charge in [0.05, 0.1) is 0 Å². The van der Waals surface area contributed by atoms with E-state index in [1.807, 2.05) is 0 Å². The minimum absolute atomic E-state index is 0.943. The SMILES string of the molecule is [CH3][Sb](=[O])([OH])[OH]. The van der Waals surface area contributed by atoms with Gasteiger partial charge in [0.15, 0.2) is 0 Å². The fourth-order valence-electron chi connectivity index (χ4n) is 0. The van der Waals surface area contributed by atoms with Crippen LogP contribution in [0.2, 0.25) is 4.87 Å². The summed E-state index contributed by atoms with van der Waals surface area (Å²) in [6.07, 6.45) is 0. The third-order valence-electron chi connectivity index (χ3n) is 0. The van der Waals surface area contributed by atoms with Gasteiger partial charge in [0.2, 0.25) is 0 Å². The van der Waals surface area contributed by atoms with Gasteiger partial charge in [-0.15, -0.1) is 0 Å². The Morgan fingerprint density at radius 1 is 1.60 bits per heavy atom. The first-order chi connectivity index (χ1) is 2.00. The molecule has 0 aliphatic heterocycles. The standard InChI is InChI=1S/CH3.2H2O.O.Sb/h1H3;2*1H2;;/q;;;;+2/p-2. The van der Waals surface area contributed by atoms with Gasteiger partial charge in [-0.25, -0.2) is 0 Å². The Hall–Kier alpha value is 0.538. The van der Waals surface area contributed by atoms with E-state index in [0.717, 1.165) is 4.87 Å². The fourth-order valence-corrected chi connectivity index (χ4v) is 0. The molecule has 0 saturated heterocycles. The first kappa shape index (κ1) is 5.54. The molecule has 0 aromatic carbocycles. The van der Waals surface area contributed by atoms with Crippen molar-refractivity contribution >= 4 is 19.6 Å². The zero-order chi connectivity index (χ0) is 4.50. The average Bonchev–Trinajstić information content (AvgIpc) is 0.722. The maximum atomic E-state index is 9.42. The van der Waals surface area contributed by atoms with Gasteiger partial charge < -0.3 is 0 Å². The molecule has 0 heterocycles. The molecule has 0 bridgehead atoms. The predicted molar refractivity (Wildman–Crippen MR) is 16.7 cm³/mol. The van der Waals surface area contributed by atoms with Crippen LogP contribution < -0.4 is 0 Å². The van der Waals surface area contributed by atoms with Gasteiger partial charge in [-0.2, -0.15) is 0 Å². The van der Waals surface area contributed by atoms with Crippen LogP contribution in [0.4, 0.5) is 0 Å². The van der Waals surface area contributed by atoms with Crippen molar-refractivity contribution in [1.29, 1.82) is 0 Å². The molecule has 0 atom stereocenters. The molecule has 5 heavy (non-hydrogen) atoms. The summed E-state index contributed by atoms with van der Waals surface area (Å²) < 4.78 is 24.9. The molecule has 0 fully saturated rings. The molecule has 0 unspecified atom stereocenters. The summed E-state index contributed by atoms with van der Waals surface area (Å²) >= 11 is -4.35. The van der Waals surface area contributed by atoms with E-state index in [4.69, 9.17) is 6.77 Å². The number of hydrogen-bond acceptors (Lipinski definition) is 1. The molecule has 0 rings (SSSR count). The van der Waals surface area contributed by atoms with E-state index in [-0.39, 0.29) is 0 Å². The summed E-state index contributed by atoms with van der Waals surface area (Å²) in [5.74, 6) is 0. The molecule has 4 heteroatoms. The monoisotopic (exact) mass is 186 g/mol. The van der Waals surface area contributed by atoms with E-state index < -0.39 is 19.6 Å². The van der Waals surface area contributed by atoms with Gasteiger partial charge in [-0.3, -0.25) is 0 Å². The van der Waals surface area contributed by atoms with Crippen molar-refractivity contribution in [1.82, 2.24) is 0 Å². The van der Waals surface area contributed by atoms with Crippen molar-refractivity contribution in [2.24, 2.45) is 0 Å². The van der Waals surface area contributed by atoms with Crippen molar-refractivity contribution in [3.8, 4) is 0 Å². The zero-order valence-corrected chi connectivity index (χ0v) is 5.30. The summed E-state index contributed by atoms with van der Waals surface area (Å²) in [4.78, 5) is 0.943. The quantitative estimate of drug-likeness (QED) is 0.476. The number of rotatable bonds is 0. The van der Waals surface area contributed by atoms with Crippen LogP contribution in [-0.2, 0) is 3.02 Å². The molecule has 0 aliphatic carbocycles. The summed E-state index contributed by atoms with van der Waals surface area (Å²) in [6, 6.07) is 0. The average molecular weight is 187 g/mol. The maximum absolute atomic E-state index is 9.42. The Balaban J connectivity index is 3.47. The first-order valence-corrected chi connectivity index (χ1v) is 6.91. The van der Waals surface area contributed by atoms with Crippen LogP contribution in [0.25, 0.3) is 0 Å². The van der Waals surface area contributed by atoms with Gasteiger partial charge in [0, 0.05) is 0 Å². The third-order valence-corrected chi connectivity index (χ3v) is 0. The summed E-state index contributed by atoms with van der Waals surface area (Å²) in [7, 11) is 0. The molecule has 0 radical (unpaired) electrons. The van der Waals surface area contributed by atoms with Crippen LogP contribution >= 0.6 is 0 Å². The third kappa shape index (κ3) is 101. The second kappa shape index (κ2) is 1.33. The molecule has 0 aliphatic rings. The summed E-state index contributed by atoms with van der Waals surface area (Å²) in [6.45, 7) is 0. The Morgan fingerprint density at radius 2 is 1.60 bits per heavy atom. The molecule has 0 spiro atoms. The van der Waals surface area contributed by atoms with Crippen LogP contribution in [0.15, 0.2) is 0 Å². The molecule has 0 saturated carbocycles. The van der Waals surface area contributed by atoms with Crippen LogP contribution in [0.3, 0.4) is 0 Å². The van der Waals surface area contributed by atoms with Crippen molar-refractivity contribution < 1.29 is 9.79 Å². The molecule has 0 aromatic heterocycles. The first-order valence-electron chi connectivity index (χ1n) is 1.03. The van der Waals surface area contributed by atoms with Crippen LogP contribution in [0.5, 0.6) is 0 Å². The van der Waals surface area contributed by atoms with Crippen molar-refractivity contribution in [2.45, 2.75) is 4.87 Å². The molecule has 3 nitrogen and oxygen atoms in total. The molecule has 32 valence electrons. The Labute approximate surface area is 34.8 Å². The van der Waals surface area contributed by atoms with Crippen molar-refractivity contribution in [3.05, 3.63) is 0 Å². The van der Waals surface area contributed by atoms with E-state index >= 15 is 0 Å². The predicted octanol–water partition coefficient (Wildman–Crippen LogP) is -1.03. The van der Waals surface area contributed by atoms with Crippen LogP contribution in [-0.4, -0.2) is 26.4 Å². The van der Waals surface area contributed by atoms with Gasteiger partial charge in [-0.1, -0.05) is 0 Å². The summed E-state index contributed by atoms with van der Waals surface area (Å²) in [5.41, 5.74) is 0. The van der Waals surface area contributed by atoms with Gasteiger partial charge >= 0.3 is 34.3 Å². The fraction of sp³-hybridized carbons (Fsp3) is 1.00. The van der Waals surface area contributed by atoms with Crippen LogP contribution in [0.1, 0.15) is 0 Å². The van der Waals surface area contributed by atoms with Crippen molar-refractivity contribution in [3.63, 3.8) is 0 Å². The van der Waals surface area contributed by atoms with E-state index in [0.29, 0.717) is 0 Å². The molecular formula is CH5O3Sb. The Bertz CT molecular complexity index is 53.0. The Morgan fingerprint density at radius 3 is 1.60 bits per heavy atom. The molecule has 0 amide bonds. The topological polar surface area (TPSA) is 57.5 Å². The Kier molecular flexibility index (Phi) is 1.47. The second-order valence-corrected chi connectivity index (χ2v) is 5.60. The zero-order valence-electron chi connectivity index (χ0n) is 2.75. The van der Waals surface area contributed by atoms with E-state index in [9.17, 15) is 3.02 Å². The van der Waals surface area contributed by atoms with E-state index in [2.05, 4.69) is 0 Å². The molecule has 2 N–H and O–H groups in total. The van der Waals surface area contributed by atoms with Gasteiger partial charge in [0.1, 0.15) is 0 Å². The van der Waals surface area contributed by atoms with Gasteiger partial charge in [0.25, 0.3) is 0 Å². The minimum atomic E-state index is -4.35. The van der Waals surface area contributed by atoms with E-state index in [1.165, 1.54) is 0 Å². The molecular weight excluding hydrogens is 182 g/mol. The second-order valence-electron chi connectivity index (χ2n) is 0.835. The summed E-state index contributed by atoms with van der Waals surface area (Å²) in [5, 5.41) is 0. The normalized spacial score (nSPS) is 11.8. The van der Waals surface area contributed by atoms with Crippen molar-refractivity contribution in [2.75, 3.05) is 0 Å². The van der Waals surface area contributed by atoms with Gasteiger partial charge in [-0.05, 0) is 0 Å². The van der Waals surface area contributed by atoms with Crippen LogP contribution in [0, 0.1) is 0 Å². The van der Waals surface area contributed by atoms with E-state index in [1.54, 1.807) is 0 Å². The number of hydrogen-bond donors (Lipinski definition) is 2.